The van der Waals surface area contributed by atoms with Gasteiger partial charge in [0.1, 0.15) is 5.72 Å². The van der Waals surface area contributed by atoms with Gasteiger partial charge in [0.2, 0.25) is 0 Å². The van der Waals surface area contributed by atoms with Crippen LogP contribution in [0.5, 0.6) is 0 Å². The Morgan fingerprint density at radius 1 is 0.607 bits per heavy atom. The second-order valence-electron chi connectivity index (χ2n) is 6.68. The lowest BCUT2D eigenvalue weighted by molar-refractivity contribution is 0.613. The van der Waals surface area contributed by atoms with Crippen molar-refractivity contribution in [3.05, 3.63) is 91.0 Å². The number of aromatic nitrogens is 2. The Bertz CT molecular complexity index is 1290. The quantitative estimate of drug-likeness (QED) is 0.487. The Balaban J connectivity index is 1.64. The van der Waals surface area contributed by atoms with Crippen LogP contribution in [0.4, 0.5) is 0 Å². The zero-order valence-electron chi connectivity index (χ0n) is 15.1. The zero-order chi connectivity index (χ0) is 18.9. The maximum atomic E-state index is 9.41. The summed E-state index contributed by atoms with van der Waals surface area (Å²) in [7, 11) is 0.945. The molecule has 0 unspecified atom stereocenters. The lowest BCUT2D eigenvalue weighted by Gasteiger charge is -2.10. The van der Waals surface area contributed by atoms with Crippen LogP contribution in [-0.2, 0) is 0 Å². The molecule has 0 aliphatic carbocycles. The maximum absolute atomic E-state index is 9.41. The van der Waals surface area contributed by atoms with Crippen LogP contribution in [0.2, 0.25) is 0 Å². The Morgan fingerprint density at radius 2 is 1.29 bits per heavy atom. The van der Waals surface area contributed by atoms with Gasteiger partial charge in [-0.15, -0.1) is 0 Å². The molecule has 1 N–H and O–H groups in total. The van der Waals surface area contributed by atoms with Crippen LogP contribution in [-0.4, -0.2) is 22.5 Å². The highest BCUT2D eigenvalue weighted by molar-refractivity contribution is 6.43. The van der Waals surface area contributed by atoms with E-state index in [1.807, 2.05) is 24.3 Å². The summed E-state index contributed by atoms with van der Waals surface area (Å²) in [5, 5.41) is 12.8. The number of rotatable bonds is 3. The van der Waals surface area contributed by atoms with Gasteiger partial charge in [0.15, 0.2) is 0 Å². The summed E-state index contributed by atoms with van der Waals surface area (Å²) in [4.78, 5) is 8.89. The first kappa shape index (κ1) is 16.7. The normalized spacial score (nSPS) is 11.0. The number of fused-ring (bicyclic) bond motifs is 2. The van der Waals surface area contributed by atoms with Crippen LogP contribution in [0, 0.1) is 0 Å². The maximum Gasteiger partial charge on any atom is 0.375 e. The molecule has 3 nitrogen and oxygen atoms in total. The Kier molecular flexibility index (Phi) is 4.11. The summed E-state index contributed by atoms with van der Waals surface area (Å²) in [5.41, 5.74) is 5.30. The van der Waals surface area contributed by atoms with Crippen molar-refractivity contribution in [3.63, 3.8) is 0 Å². The molecule has 5 aromatic rings. The monoisotopic (exact) mass is 359 g/mol. The van der Waals surface area contributed by atoms with Gasteiger partial charge >= 0.3 is 7.48 Å². The summed E-state index contributed by atoms with van der Waals surface area (Å²) < 4.78 is 0. The van der Waals surface area contributed by atoms with Crippen LogP contribution in [0.3, 0.4) is 0 Å². The molecule has 0 aliphatic rings. The number of para-hydroxylation sites is 1. The van der Waals surface area contributed by atoms with Crippen LogP contribution in [0.15, 0.2) is 91.0 Å². The molecule has 0 fully saturated rings. The molecule has 4 aromatic carbocycles. The molecule has 0 atom stereocenters. The van der Waals surface area contributed by atoms with Gasteiger partial charge in [0, 0.05) is 10.9 Å². The third-order valence-electron chi connectivity index (χ3n) is 4.99. The fraction of sp³-hybridized carbons (Fsp3) is 0. The van der Waals surface area contributed by atoms with Gasteiger partial charge in [-0.2, -0.15) is 0 Å². The molecule has 0 amide bonds. The van der Waals surface area contributed by atoms with Crippen molar-refractivity contribution in [2.45, 2.75) is 0 Å². The van der Waals surface area contributed by atoms with Crippen LogP contribution in [0.1, 0.15) is 0 Å². The third kappa shape index (κ3) is 2.84. The van der Waals surface area contributed by atoms with E-state index >= 15 is 0 Å². The van der Waals surface area contributed by atoms with Gasteiger partial charge in [-0.05, 0) is 28.0 Å². The second kappa shape index (κ2) is 6.91. The molecular formula is C24H16BN2O. The van der Waals surface area contributed by atoms with Crippen LogP contribution in [0.25, 0.3) is 44.1 Å². The summed E-state index contributed by atoms with van der Waals surface area (Å²) >= 11 is 0. The molecule has 0 saturated carbocycles. The standard InChI is InChI=1S/C24H16BN2O/c28-25-24-26-22-11-4-3-9-21(22)23(27-24)18-14-12-17(13-15-18)20-10-5-7-16-6-1-2-8-19(16)20/h1-15,28H. The summed E-state index contributed by atoms with van der Waals surface area (Å²) in [6.07, 6.45) is 0. The largest absolute Gasteiger partial charge is 0.447 e. The summed E-state index contributed by atoms with van der Waals surface area (Å²) in [5.74, 6) is 0. The van der Waals surface area contributed by atoms with E-state index in [0.29, 0.717) is 5.72 Å². The highest BCUT2D eigenvalue weighted by Crippen LogP contribution is 2.31. The molecule has 1 aromatic heterocycles. The number of hydrogen-bond donors (Lipinski definition) is 1. The van der Waals surface area contributed by atoms with E-state index in [9.17, 15) is 5.02 Å². The van der Waals surface area contributed by atoms with Crippen molar-refractivity contribution >= 4 is 34.9 Å². The minimum atomic E-state index is 0.312. The first-order valence-corrected chi connectivity index (χ1v) is 9.16. The van der Waals surface area contributed by atoms with Gasteiger partial charge in [-0.3, -0.25) is 0 Å². The molecular weight excluding hydrogens is 343 g/mol. The molecule has 131 valence electrons. The predicted molar refractivity (Wildman–Crippen MR) is 116 cm³/mol. The Labute approximate surface area is 163 Å². The van der Waals surface area contributed by atoms with E-state index in [0.717, 1.165) is 35.2 Å². The number of nitrogens with zero attached hydrogens (tertiary/aromatic N) is 2. The van der Waals surface area contributed by atoms with E-state index in [2.05, 4.69) is 76.7 Å². The van der Waals surface area contributed by atoms with Gasteiger partial charge in [-0.25, -0.2) is 9.97 Å². The number of hydrogen-bond acceptors (Lipinski definition) is 3. The predicted octanol–water partition coefficient (Wildman–Crippen LogP) is 4.35. The van der Waals surface area contributed by atoms with Gasteiger partial charge in [-0.1, -0.05) is 84.9 Å². The summed E-state index contributed by atoms with van der Waals surface area (Å²) in [6, 6.07) is 31.0. The molecule has 0 spiro atoms. The Hall–Kier alpha value is -3.50. The average molecular weight is 359 g/mol. The van der Waals surface area contributed by atoms with Gasteiger partial charge < -0.3 is 5.02 Å². The van der Waals surface area contributed by atoms with Crippen molar-refractivity contribution < 1.29 is 5.02 Å². The Morgan fingerprint density at radius 3 is 2.11 bits per heavy atom. The molecule has 28 heavy (non-hydrogen) atoms. The molecule has 1 heterocycles. The van der Waals surface area contributed by atoms with Crippen LogP contribution < -0.4 is 5.72 Å². The summed E-state index contributed by atoms with van der Waals surface area (Å²) in [6.45, 7) is 0. The highest BCUT2D eigenvalue weighted by atomic mass is 16.2. The molecule has 0 bridgehead atoms. The van der Waals surface area contributed by atoms with Crippen molar-refractivity contribution in [2.75, 3.05) is 0 Å². The van der Waals surface area contributed by atoms with Crippen molar-refractivity contribution in [2.24, 2.45) is 0 Å². The first-order valence-electron chi connectivity index (χ1n) is 9.16. The molecule has 4 heteroatoms. The van der Waals surface area contributed by atoms with E-state index < -0.39 is 0 Å². The molecule has 5 rings (SSSR count). The van der Waals surface area contributed by atoms with E-state index in [-0.39, 0.29) is 0 Å². The molecule has 0 aliphatic heterocycles. The van der Waals surface area contributed by atoms with Gasteiger partial charge in [0.05, 0.1) is 11.2 Å². The topological polar surface area (TPSA) is 46.0 Å². The van der Waals surface area contributed by atoms with Crippen molar-refractivity contribution in [1.82, 2.24) is 9.97 Å². The average Bonchev–Trinajstić information content (AvgIpc) is 2.78. The minimum absolute atomic E-state index is 0.312. The second-order valence-corrected chi connectivity index (χ2v) is 6.68. The number of benzene rings is 4. The van der Waals surface area contributed by atoms with Crippen molar-refractivity contribution in [3.8, 4) is 22.4 Å². The SMILES string of the molecule is O[B]c1nc(-c2ccc(-c3cccc4ccccc34)cc2)c2ccccc2n1. The third-order valence-corrected chi connectivity index (χ3v) is 4.99. The van der Waals surface area contributed by atoms with E-state index in [4.69, 9.17) is 0 Å². The van der Waals surface area contributed by atoms with Crippen LogP contribution >= 0.6 is 0 Å². The van der Waals surface area contributed by atoms with E-state index in [1.54, 1.807) is 0 Å². The first-order chi connectivity index (χ1) is 13.8. The molecule has 0 saturated heterocycles. The lowest BCUT2D eigenvalue weighted by atomic mass is 9.96. The highest BCUT2D eigenvalue weighted by Gasteiger charge is 2.11. The smallest absolute Gasteiger partial charge is 0.375 e. The minimum Gasteiger partial charge on any atom is -0.447 e. The van der Waals surface area contributed by atoms with Crippen molar-refractivity contribution in [1.29, 1.82) is 0 Å². The molecule has 1 radical (unpaired) electrons. The zero-order valence-corrected chi connectivity index (χ0v) is 15.1. The van der Waals surface area contributed by atoms with Gasteiger partial charge in [0.25, 0.3) is 0 Å². The fourth-order valence-corrected chi connectivity index (χ4v) is 3.66. The fourth-order valence-electron chi connectivity index (χ4n) is 3.66. The lowest BCUT2D eigenvalue weighted by Crippen LogP contribution is -2.22. The van der Waals surface area contributed by atoms with E-state index in [1.165, 1.54) is 16.3 Å².